The van der Waals surface area contributed by atoms with E-state index < -0.39 is 0 Å². The minimum Gasteiger partial charge on any atom is -0.326 e. The lowest BCUT2D eigenvalue weighted by Gasteiger charge is -2.22. The zero-order valence-electron chi connectivity index (χ0n) is 20.0. The molecule has 2 aromatic rings. The van der Waals surface area contributed by atoms with Gasteiger partial charge < -0.3 is 10.6 Å². The number of benzene rings is 2. The lowest BCUT2D eigenvalue weighted by molar-refractivity contribution is -0.125. The average Bonchev–Trinajstić information content (AvgIpc) is 2.71. The van der Waals surface area contributed by atoms with Crippen molar-refractivity contribution in [2.24, 2.45) is 10.8 Å². The van der Waals surface area contributed by atoms with Crippen LogP contribution in [-0.2, 0) is 9.59 Å². The van der Waals surface area contributed by atoms with Crippen molar-refractivity contribution in [3.8, 4) is 0 Å². The Balaban J connectivity index is 0.000000320. The topological polar surface area (TPSA) is 58.2 Å². The van der Waals surface area contributed by atoms with E-state index in [1.165, 1.54) is 0 Å². The maximum absolute atomic E-state index is 12.0. The molecule has 0 bridgehead atoms. The molecule has 0 heterocycles. The normalized spacial score (nSPS) is 11.2. The van der Waals surface area contributed by atoms with Crippen LogP contribution in [0.15, 0.2) is 48.5 Å². The summed E-state index contributed by atoms with van der Waals surface area (Å²) >= 11 is 11.6. The van der Waals surface area contributed by atoms with Gasteiger partial charge in [-0.25, -0.2) is 0 Å². The quantitative estimate of drug-likeness (QED) is 0.401. The maximum Gasteiger partial charge on any atom is 0.230 e. The van der Waals surface area contributed by atoms with Gasteiger partial charge in [-0.2, -0.15) is 0 Å². The summed E-state index contributed by atoms with van der Waals surface area (Å²) in [5.41, 5.74) is 0.931. The molecule has 0 spiro atoms. The molecule has 0 aromatic heterocycles. The first-order valence-corrected chi connectivity index (χ1v) is 11.8. The van der Waals surface area contributed by atoms with Crippen LogP contribution in [0.2, 0.25) is 10.0 Å². The zero-order valence-corrected chi connectivity index (χ0v) is 21.5. The molecule has 0 saturated carbocycles. The fourth-order valence-corrected chi connectivity index (χ4v) is 3.40. The summed E-state index contributed by atoms with van der Waals surface area (Å²) in [6.07, 6.45) is 3.76. The molecular weight excluding hydrogens is 443 g/mol. The highest BCUT2D eigenvalue weighted by atomic mass is 35.5. The summed E-state index contributed by atoms with van der Waals surface area (Å²) in [7, 11) is 0. The van der Waals surface area contributed by atoms with Crippen molar-refractivity contribution in [1.29, 1.82) is 0 Å². The first-order valence-electron chi connectivity index (χ1n) is 11.1. The molecule has 2 amide bonds. The third kappa shape index (κ3) is 9.62. The van der Waals surface area contributed by atoms with Gasteiger partial charge in [0.05, 0.1) is 0 Å². The van der Waals surface area contributed by atoms with Crippen LogP contribution in [0.5, 0.6) is 0 Å². The molecule has 176 valence electrons. The van der Waals surface area contributed by atoms with Crippen molar-refractivity contribution >= 4 is 46.4 Å². The molecule has 0 fully saturated rings. The Morgan fingerprint density at radius 3 is 1.19 bits per heavy atom. The third-order valence-corrected chi connectivity index (χ3v) is 5.69. The van der Waals surface area contributed by atoms with Crippen LogP contribution in [0.1, 0.15) is 67.2 Å². The molecule has 0 atom stereocenters. The van der Waals surface area contributed by atoms with Gasteiger partial charge in [0.2, 0.25) is 11.8 Å². The van der Waals surface area contributed by atoms with Crippen LogP contribution in [0.4, 0.5) is 11.4 Å². The van der Waals surface area contributed by atoms with Crippen molar-refractivity contribution in [2.45, 2.75) is 67.2 Å². The largest absolute Gasteiger partial charge is 0.326 e. The number of nitrogens with one attached hydrogen (secondary N) is 2. The summed E-state index contributed by atoms with van der Waals surface area (Å²) in [5.74, 6) is 0.105. The van der Waals surface area contributed by atoms with Crippen LogP contribution >= 0.6 is 23.2 Å². The number of carbonyl (C=O) groups is 2. The number of hydrogen-bond donors (Lipinski definition) is 2. The fraction of sp³-hybridized carbons (Fsp3) is 0.462. The van der Waals surface area contributed by atoms with Crippen LogP contribution < -0.4 is 10.6 Å². The second-order valence-electron chi connectivity index (χ2n) is 9.19. The Hall–Kier alpha value is -2.04. The molecule has 2 N–H and O–H groups in total. The predicted octanol–water partition coefficient (Wildman–Crippen LogP) is 8.21. The summed E-state index contributed by atoms with van der Waals surface area (Å²) in [4.78, 5) is 23.9. The van der Waals surface area contributed by atoms with Crippen molar-refractivity contribution in [3.05, 3.63) is 58.6 Å². The van der Waals surface area contributed by atoms with Crippen LogP contribution in [0.25, 0.3) is 0 Å². The Morgan fingerprint density at radius 1 is 0.656 bits per heavy atom. The first-order chi connectivity index (χ1) is 14.9. The number of rotatable bonds is 8. The molecule has 2 rings (SSSR count). The average molecular weight is 479 g/mol. The molecule has 0 aliphatic heterocycles. The van der Waals surface area contributed by atoms with Gasteiger partial charge in [0.25, 0.3) is 0 Å². The maximum atomic E-state index is 12.0. The van der Waals surface area contributed by atoms with Crippen molar-refractivity contribution < 1.29 is 9.59 Å². The van der Waals surface area contributed by atoms with E-state index in [4.69, 9.17) is 23.2 Å². The van der Waals surface area contributed by atoms with Gasteiger partial charge in [-0.05, 0) is 61.4 Å². The third-order valence-electron chi connectivity index (χ3n) is 5.18. The molecule has 0 aliphatic rings. The van der Waals surface area contributed by atoms with Gasteiger partial charge in [-0.3, -0.25) is 9.59 Å². The number of amides is 2. The smallest absolute Gasteiger partial charge is 0.230 e. The summed E-state index contributed by atoms with van der Waals surface area (Å²) in [5, 5.41) is 7.14. The highest BCUT2D eigenvalue weighted by Gasteiger charge is 2.27. The van der Waals surface area contributed by atoms with E-state index in [0.717, 1.165) is 37.1 Å². The summed E-state index contributed by atoms with van der Waals surface area (Å²) < 4.78 is 0. The minimum absolute atomic E-state index is 0.0525. The standard InChI is InChI=1S/2C13H18ClNO/c2*1-4-9-13(2,3)12(16)15-11-7-5-10(14)6-8-11/h2*5-8H,4,9H2,1-3H3,(H,15,16). The van der Waals surface area contributed by atoms with Crippen LogP contribution in [-0.4, -0.2) is 11.8 Å². The SMILES string of the molecule is CCCC(C)(C)C(=O)Nc1ccc(Cl)cc1.CCCC(C)(C)C(=O)Nc1ccc(Cl)cc1. The molecule has 0 unspecified atom stereocenters. The molecule has 32 heavy (non-hydrogen) atoms. The highest BCUT2D eigenvalue weighted by molar-refractivity contribution is 6.31. The number of hydrogen-bond acceptors (Lipinski definition) is 2. The Morgan fingerprint density at radius 2 is 0.938 bits per heavy atom. The monoisotopic (exact) mass is 478 g/mol. The van der Waals surface area contributed by atoms with Crippen molar-refractivity contribution in [2.75, 3.05) is 10.6 Å². The van der Waals surface area contributed by atoms with Crippen LogP contribution in [0, 0.1) is 10.8 Å². The zero-order chi connectivity index (χ0) is 24.4. The van der Waals surface area contributed by atoms with Gasteiger partial charge in [0, 0.05) is 32.3 Å². The molecule has 4 nitrogen and oxygen atoms in total. The first kappa shape index (κ1) is 28.0. The van der Waals surface area contributed by atoms with Gasteiger partial charge in [0.1, 0.15) is 0 Å². The summed E-state index contributed by atoms with van der Waals surface area (Å²) in [6, 6.07) is 14.3. The predicted molar refractivity (Wildman–Crippen MR) is 138 cm³/mol. The Bertz CT molecular complexity index is 787. The van der Waals surface area contributed by atoms with Gasteiger partial charge in [-0.1, -0.05) is 77.6 Å². The van der Waals surface area contributed by atoms with E-state index in [2.05, 4.69) is 24.5 Å². The fourth-order valence-electron chi connectivity index (χ4n) is 3.14. The lowest BCUT2D eigenvalue weighted by Crippen LogP contribution is -2.30. The van der Waals surface area contributed by atoms with Crippen molar-refractivity contribution in [3.63, 3.8) is 0 Å². The van der Waals surface area contributed by atoms with E-state index >= 15 is 0 Å². The lowest BCUT2D eigenvalue weighted by atomic mass is 9.87. The summed E-state index contributed by atoms with van der Waals surface area (Å²) in [6.45, 7) is 12.0. The Kier molecular flexibility index (Phi) is 11.2. The molecule has 0 saturated heterocycles. The number of halogens is 2. The van der Waals surface area contributed by atoms with E-state index in [-0.39, 0.29) is 22.6 Å². The molecule has 0 aliphatic carbocycles. The molecule has 6 heteroatoms. The minimum atomic E-state index is -0.325. The van der Waals surface area contributed by atoms with Crippen LogP contribution in [0.3, 0.4) is 0 Å². The van der Waals surface area contributed by atoms with E-state index in [9.17, 15) is 9.59 Å². The van der Waals surface area contributed by atoms with Gasteiger partial charge in [-0.15, -0.1) is 0 Å². The van der Waals surface area contributed by atoms with Crippen molar-refractivity contribution in [1.82, 2.24) is 0 Å². The number of anilines is 2. The number of carbonyl (C=O) groups excluding carboxylic acids is 2. The van der Waals surface area contributed by atoms with E-state index in [1.54, 1.807) is 24.3 Å². The second kappa shape index (κ2) is 12.9. The van der Waals surface area contributed by atoms with E-state index in [0.29, 0.717) is 10.0 Å². The second-order valence-corrected chi connectivity index (χ2v) is 10.1. The Labute approximate surface area is 203 Å². The molecule has 0 radical (unpaired) electrons. The molecule has 2 aromatic carbocycles. The van der Waals surface area contributed by atoms with Gasteiger partial charge in [0.15, 0.2) is 0 Å². The highest BCUT2D eigenvalue weighted by Crippen LogP contribution is 2.26. The van der Waals surface area contributed by atoms with E-state index in [1.807, 2.05) is 52.0 Å². The van der Waals surface area contributed by atoms with Gasteiger partial charge >= 0.3 is 0 Å². The molecular formula is C26H36Cl2N2O2.